The third-order valence-corrected chi connectivity index (χ3v) is 4.90. The quantitative estimate of drug-likeness (QED) is 0.329. The van der Waals surface area contributed by atoms with Crippen molar-refractivity contribution in [1.82, 2.24) is 0 Å². The van der Waals surface area contributed by atoms with E-state index in [4.69, 9.17) is 67.5 Å². The summed E-state index contributed by atoms with van der Waals surface area (Å²) in [6.45, 7) is 3.43. The fourth-order valence-corrected chi connectivity index (χ4v) is 3.17. The molecule has 0 bridgehead atoms. The molecule has 0 N–H and O–H groups in total. The van der Waals surface area contributed by atoms with E-state index >= 15 is 0 Å². The second-order valence-electron chi connectivity index (χ2n) is 4.41. The van der Waals surface area contributed by atoms with Crippen molar-refractivity contribution >= 4 is 75.7 Å². The largest absolute Gasteiger partial charge is 0.480 e. The molecule has 1 aromatic rings. The van der Waals surface area contributed by atoms with Gasteiger partial charge in [0.2, 0.25) is 3.79 Å². The van der Waals surface area contributed by atoms with Gasteiger partial charge in [-0.1, -0.05) is 71.9 Å². The summed E-state index contributed by atoms with van der Waals surface area (Å²) < 4.78 is 8.68. The van der Waals surface area contributed by atoms with Crippen molar-refractivity contribution in [3.05, 3.63) is 28.2 Å². The molecule has 0 aliphatic rings. The van der Waals surface area contributed by atoms with Gasteiger partial charge in [-0.15, -0.1) is 11.8 Å². The number of carbonyl (C=O) groups is 1. The van der Waals surface area contributed by atoms with Crippen molar-refractivity contribution in [1.29, 1.82) is 0 Å². The molecule has 0 fully saturated rings. The molecular formula is C13H13Cl5O3S. The zero-order valence-corrected chi connectivity index (χ0v) is 16.2. The Morgan fingerprint density at radius 2 is 1.91 bits per heavy atom. The van der Waals surface area contributed by atoms with E-state index in [9.17, 15) is 4.79 Å². The van der Waals surface area contributed by atoms with E-state index in [0.29, 0.717) is 10.8 Å². The lowest BCUT2D eigenvalue weighted by molar-refractivity contribution is -0.147. The molecule has 124 valence electrons. The molecule has 0 radical (unpaired) electrons. The number of thioether (sulfide) groups is 1. The highest BCUT2D eigenvalue weighted by atomic mass is 35.6. The molecule has 0 saturated carbocycles. The highest BCUT2D eigenvalue weighted by Crippen LogP contribution is 2.40. The first kappa shape index (κ1) is 20.3. The van der Waals surface area contributed by atoms with Gasteiger partial charge in [-0.2, -0.15) is 0 Å². The second-order valence-corrected chi connectivity index (χ2v) is 9.27. The van der Waals surface area contributed by atoms with Gasteiger partial charge in [-0.3, -0.25) is 0 Å². The monoisotopic (exact) mass is 424 g/mol. The summed E-state index contributed by atoms with van der Waals surface area (Å²) in [5, 5.41) is 0.861. The summed E-state index contributed by atoms with van der Waals surface area (Å²) in [6, 6.07) is 4.64. The number of alkyl halides is 3. The summed E-state index contributed by atoms with van der Waals surface area (Å²) in [5.74, 6) is -0.361. The van der Waals surface area contributed by atoms with Crippen LogP contribution in [0.25, 0.3) is 0 Å². The van der Waals surface area contributed by atoms with Crippen LogP contribution in [0, 0.1) is 0 Å². The lowest BCUT2D eigenvalue weighted by Gasteiger charge is -2.25. The van der Waals surface area contributed by atoms with Gasteiger partial charge >= 0.3 is 5.97 Å². The molecule has 1 unspecified atom stereocenters. The molecule has 0 heterocycles. The second kappa shape index (κ2) is 8.95. The molecular weight excluding hydrogens is 413 g/mol. The van der Waals surface area contributed by atoms with Crippen LogP contribution < -0.4 is 4.74 Å². The van der Waals surface area contributed by atoms with Crippen LogP contribution in [0.4, 0.5) is 0 Å². The molecule has 22 heavy (non-hydrogen) atoms. The zero-order chi connectivity index (χ0) is 16.9. The predicted molar refractivity (Wildman–Crippen MR) is 94.9 cm³/mol. The van der Waals surface area contributed by atoms with Crippen molar-refractivity contribution in [2.45, 2.75) is 28.3 Å². The minimum atomic E-state index is -1.73. The number of esters is 1. The van der Waals surface area contributed by atoms with Crippen LogP contribution in [0.3, 0.4) is 0 Å². The standard InChI is InChI=1S/C13H13Cl5O3S/c1-7(2)22-12(13(16,17)18)21-11(19)6-20-10-4-3-8(14)5-9(10)15/h3-5,7,12H,6H2,1-2H3. The fraction of sp³-hybridized carbons (Fsp3) is 0.462. The Morgan fingerprint density at radius 3 is 2.41 bits per heavy atom. The minimum Gasteiger partial charge on any atom is -0.480 e. The third kappa shape index (κ3) is 7.24. The molecule has 0 spiro atoms. The lowest BCUT2D eigenvalue weighted by Crippen LogP contribution is -2.31. The number of benzene rings is 1. The number of halogens is 5. The molecule has 0 aromatic heterocycles. The molecule has 1 rings (SSSR count). The van der Waals surface area contributed by atoms with Crippen LogP contribution in [0.5, 0.6) is 5.75 Å². The van der Waals surface area contributed by atoms with Crippen molar-refractivity contribution in [2.24, 2.45) is 0 Å². The summed E-state index contributed by atoms with van der Waals surface area (Å²) >= 11 is 30.3. The molecule has 3 nitrogen and oxygen atoms in total. The van der Waals surface area contributed by atoms with Gasteiger partial charge in [0.1, 0.15) is 5.75 Å². The first-order valence-electron chi connectivity index (χ1n) is 6.09. The van der Waals surface area contributed by atoms with E-state index in [-0.39, 0.29) is 16.9 Å². The smallest absolute Gasteiger partial charge is 0.345 e. The maximum atomic E-state index is 11.8. The van der Waals surface area contributed by atoms with Crippen LogP contribution in [0.2, 0.25) is 10.0 Å². The van der Waals surface area contributed by atoms with Gasteiger partial charge in [0.25, 0.3) is 0 Å². The average Bonchev–Trinajstić information content (AvgIpc) is 2.35. The van der Waals surface area contributed by atoms with Gasteiger partial charge in [0, 0.05) is 10.3 Å². The zero-order valence-electron chi connectivity index (χ0n) is 11.6. The van der Waals surface area contributed by atoms with Crippen LogP contribution in [0.15, 0.2) is 18.2 Å². The van der Waals surface area contributed by atoms with E-state index in [1.807, 2.05) is 13.8 Å². The van der Waals surface area contributed by atoms with Gasteiger partial charge in [0.15, 0.2) is 12.0 Å². The van der Waals surface area contributed by atoms with Crippen molar-refractivity contribution in [3.63, 3.8) is 0 Å². The van der Waals surface area contributed by atoms with Gasteiger partial charge in [0.05, 0.1) is 5.02 Å². The fourth-order valence-electron chi connectivity index (χ4n) is 1.30. The highest BCUT2D eigenvalue weighted by molar-refractivity contribution is 8.00. The van der Waals surface area contributed by atoms with Crippen molar-refractivity contribution in [3.8, 4) is 5.75 Å². The Hall–Kier alpha value is 0.290. The normalized spacial score (nSPS) is 13.1. The molecule has 1 atom stereocenters. The number of rotatable bonds is 6. The summed E-state index contributed by atoms with van der Waals surface area (Å²) in [5.41, 5.74) is -0.936. The molecule has 0 saturated heterocycles. The molecule has 0 aliphatic carbocycles. The maximum absolute atomic E-state index is 11.8. The van der Waals surface area contributed by atoms with Crippen LogP contribution in [-0.4, -0.2) is 27.1 Å². The average molecular weight is 427 g/mol. The van der Waals surface area contributed by atoms with E-state index in [0.717, 1.165) is 0 Å². The lowest BCUT2D eigenvalue weighted by atomic mass is 10.3. The minimum absolute atomic E-state index is 0.111. The number of hydrogen-bond donors (Lipinski definition) is 0. The maximum Gasteiger partial charge on any atom is 0.345 e. The Morgan fingerprint density at radius 1 is 1.27 bits per heavy atom. The first-order chi connectivity index (χ1) is 10.1. The summed E-state index contributed by atoms with van der Waals surface area (Å²) in [4.78, 5) is 11.8. The first-order valence-corrected chi connectivity index (χ1v) is 8.92. The SMILES string of the molecule is CC(C)SC(OC(=O)COc1ccc(Cl)cc1Cl)C(Cl)(Cl)Cl. The Bertz CT molecular complexity index is 519. The van der Waals surface area contributed by atoms with Crippen molar-refractivity contribution < 1.29 is 14.3 Å². The van der Waals surface area contributed by atoms with Crippen LogP contribution >= 0.6 is 69.8 Å². The summed E-state index contributed by atoms with van der Waals surface area (Å²) in [6.07, 6.45) is 0. The molecule has 9 heteroatoms. The van der Waals surface area contributed by atoms with E-state index in [1.165, 1.54) is 17.8 Å². The van der Waals surface area contributed by atoms with E-state index in [1.54, 1.807) is 12.1 Å². The number of ether oxygens (including phenoxy) is 2. The van der Waals surface area contributed by atoms with Crippen LogP contribution in [0.1, 0.15) is 13.8 Å². The van der Waals surface area contributed by atoms with Crippen molar-refractivity contribution in [2.75, 3.05) is 6.61 Å². The van der Waals surface area contributed by atoms with Gasteiger partial charge < -0.3 is 9.47 Å². The predicted octanol–water partition coefficient (Wildman–Crippen LogP) is 5.75. The Balaban J connectivity index is 2.60. The Labute approximate surface area is 158 Å². The molecule has 0 amide bonds. The summed E-state index contributed by atoms with van der Waals surface area (Å²) in [7, 11) is 0. The van der Waals surface area contributed by atoms with Gasteiger partial charge in [-0.25, -0.2) is 4.79 Å². The highest BCUT2D eigenvalue weighted by Gasteiger charge is 2.37. The molecule has 1 aromatic carbocycles. The molecule has 0 aliphatic heterocycles. The number of carbonyl (C=O) groups excluding carboxylic acids is 1. The van der Waals surface area contributed by atoms with E-state index in [2.05, 4.69) is 0 Å². The third-order valence-electron chi connectivity index (χ3n) is 2.14. The van der Waals surface area contributed by atoms with Crippen LogP contribution in [-0.2, 0) is 9.53 Å². The van der Waals surface area contributed by atoms with E-state index < -0.39 is 15.2 Å². The van der Waals surface area contributed by atoms with Gasteiger partial charge in [-0.05, 0) is 18.2 Å². The number of hydrogen-bond acceptors (Lipinski definition) is 4. The topological polar surface area (TPSA) is 35.5 Å². The Kier molecular flexibility index (Phi) is 8.27.